The number of hydrogen-bond donors (Lipinski definition) is 4. The van der Waals surface area contributed by atoms with Gasteiger partial charge < -0.3 is 21.7 Å². The SMILES string of the molecule is Nc1cc(NC(=O)c2ccc(Cl)nc2)ccc1Cl.O=C(Nc1ccc(Cl)c(NC(=O)c2ccc(Cl)cc2)c1)c1ccc(Cl)nc1. The van der Waals surface area contributed by atoms with Crippen LogP contribution >= 0.6 is 58.0 Å². The van der Waals surface area contributed by atoms with Crippen LogP contribution in [0.1, 0.15) is 31.1 Å². The van der Waals surface area contributed by atoms with Gasteiger partial charge >= 0.3 is 0 Å². The summed E-state index contributed by atoms with van der Waals surface area (Å²) in [5, 5.41) is 10.1. The molecule has 3 aromatic carbocycles. The number of hydrogen-bond acceptors (Lipinski definition) is 6. The molecule has 2 aromatic heterocycles. The number of pyridine rings is 2. The number of rotatable bonds is 6. The fraction of sp³-hybridized carbons (Fsp3) is 0. The Bertz CT molecular complexity index is 1840. The first-order chi connectivity index (χ1) is 21.5. The zero-order chi connectivity index (χ0) is 32.5. The van der Waals surface area contributed by atoms with Gasteiger partial charge in [0, 0.05) is 34.4 Å². The van der Waals surface area contributed by atoms with Gasteiger partial charge in [0.25, 0.3) is 17.7 Å². The van der Waals surface area contributed by atoms with Gasteiger partial charge in [-0.1, -0.05) is 58.0 Å². The summed E-state index contributed by atoms with van der Waals surface area (Å²) < 4.78 is 0. The topological polar surface area (TPSA) is 139 Å². The van der Waals surface area contributed by atoms with Gasteiger partial charge in [-0.15, -0.1) is 0 Å². The van der Waals surface area contributed by atoms with Crippen molar-refractivity contribution in [2.45, 2.75) is 0 Å². The Labute approximate surface area is 282 Å². The lowest BCUT2D eigenvalue weighted by Crippen LogP contribution is -2.14. The number of anilines is 4. The molecule has 0 aliphatic rings. The molecule has 0 atom stereocenters. The van der Waals surface area contributed by atoms with Crippen molar-refractivity contribution in [3.05, 3.63) is 139 Å². The molecule has 5 rings (SSSR count). The molecule has 0 saturated carbocycles. The normalized spacial score (nSPS) is 10.2. The van der Waals surface area contributed by atoms with E-state index in [1.165, 1.54) is 18.5 Å². The molecule has 0 unspecified atom stereocenters. The van der Waals surface area contributed by atoms with Gasteiger partial charge in [0.1, 0.15) is 10.3 Å². The second kappa shape index (κ2) is 15.6. The molecule has 3 amide bonds. The van der Waals surface area contributed by atoms with E-state index < -0.39 is 0 Å². The maximum atomic E-state index is 12.3. The van der Waals surface area contributed by atoms with Gasteiger partial charge in [-0.3, -0.25) is 14.4 Å². The summed E-state index contributed by atoms with van der Waals surface area (Å²) in [7, 11) is 0. The number of amides is 3. The Morgan fingerprint density at radius 2 is 1.00 bits per heavy atom. The Morgan fingerprint density at radius 3 is 1.49 bits per heavy atom. The predicted octanol–water partition coefficient (Wildman–Crippen LogP) is 8.77. The summed E-state index contributed by atoms with van der Waals surface area (Å²) in [6, 6.07) is 22.3. The maximum absolute atomic E-state index is 12.3. The van der Waals surface area contributed by atoms with Crippen LogP contribution < -0.4 is 21.7 Å². The minimum absolute atomic E-state index is 0.291. The highest BCUT2D eigenvalue weighted by atomic mass is 35.5. The number of nitrogen functional groups attached to an aromatic ring is 1. The van der Waals surface area contributed by atoms with Crippen molar-refractivity contribution in [2.24, 2.45) is 0 Å². The van der Waals surface area contributed by atoms with Crippen LogP contribution in [0.3, 0.4) is 0 Å². The van der Waals surface area contributed by atoms with Crippen LogP contribution in [0.4, 0.5) is 22.7 Å². The van der Waals surface area contributed by atoms with Gasteiger partial charge in [-0.05, 0) is 84.9 Å². The fourth-order valence-corrected chi connectivity index (χ4v) is 4.17. The lowest BCUT2D eigenvalue weighted by molar-refractivity contribution is 0.101. The third-order valence-electron chi connectivity index (χ3n) is 5.81. The Kier molecular flexibility index (Phi) is 11.6. The summed E-state index contributed by atoms with van der Waals surface area (Å²) in [5.74, 6) is -1.00. The van der Waals surface area contributed by atoms with Gasteiger partial charge in [0.05, 0.1) is 32.5 Å². The van der Waals surface area contributed by atoms with Crippen molar-refractivity contribution in [1.29, 1.82) is 0 Å². The summed E-state index contributed by atoms with van der Waals surface area (Å²) in [6.07, 6.45) is 2.77. The monoisotopic (exact) mass is 700 g/mol. The van der Waals surface area contributed by atoms with Gasteiger partial charge in [-0.2, -0.15) is 0 Å². The highest BCUT2D eigenvalue weighted by Gasteiger charge is 2.12. The van der Waals surface area contributed by atoms with Crippen LogP contribution in [0.2, 0.25) is 25.4 Å². The average molecular weight is 703 g/mol. The van der Waals surface area contributed by atoms with Crippen LogP contribution in [-0.4, -0.2) is 27.7 Å². The molecule has 0 spiro atoms. The molecule has 0 radical (unpaired) electrons. The summed E-state index contributed by atoms with van der Waals surface area (Å²) in [4.78, 5) is 44.2. The molecule has 45 heavy (non-hydrogen) atoms. The number of benzene rings is 3. The van der Waals surface area contributed by atoms with E-state index in [9.17, 15) is 14.4 Å². The smallest absolute Gasteiger partial charge is 0.257 e. The second-order valence-electron chi connectivity index (χ2n) is 9.04. The molecule has 5 aromatic rings. The van der Waals surface area contributed by atoms with Crippen molar-refractivity contribution in [3.63, 3.8) is 0 Å². The number of nitrogens with zero attached hydrogens (tertiary/aromatic N) is 2. The Balaban J connectivity index is 0.000000222. The lowest BCUT2D eigenvalue weighted by atomic mass is 10.2. The first-order valence-corrected chi connectivity index (χ1v) is 14.6. The van der Waals surface area contributed by atoms with E-state index in [1.54, 1.807) is 78.9 Å². The highest BCUT2D eigenvalue weighted by molar-refractivity contribution is 6.34. The van der Waals surface area contributed by atoms with Crippen LogP contribution in [0, 0.1) is 0 Å². The van der Waals surface area contributed by atoms with Crippen molar-refractivity contribution >= 4 is 98.5 Å². The van der Waals surface area contributed by atoms with Crippen molar-refractivity contribution in [1.82, 2.24) is 9.97 Å². The number of halogens is 5. The standard InChI is InChI=1S/C19H12Cl3N3O2.C12H9Cl2N3O/c20-13-4-1-11(2-5-13)18(26)25-16-9-14(6-7-15(16)21)24-19(27)12-3-8-17(22)23-10-12;13-9-3-2-8(5-10(9)15)17-12(18)7-1-4-11(14)16-6-7/h1-10H,(H,24,27)(H,25,26);1-6H,15H2,(H,17,18). The first-order valence-electron chi connectivity index (χ1n) is 12.8. The lowest BCUT2D eigenvalue weighted by Gasteiger charge is -2.11. The van der Waals surface area contributed by atoms with Crippen LogP contribution in [0.25, 0.3) is 0 Å². The first kappa shape index (κ1) is 33.5. The minimum atomic E-state index is -0.364. The summed E-state index contributed by atoms with van der Waals surface area (Å²) in [6.45, 7) is 0. The van der Waals surface area contributed by atoms with E-state index in [2.05, 4.69) is 25.9 Å². The van der Waals surface area contributed by atoms with Crippen LogP contribution in [0.5, 0.6) is 0 Å². The molecular formula is C31H21Cl5N6O3. The predicted molar refractivity (Wildman–Crippen MR) is 181 cm³/mol. The molecule has 0 saturated heterocycles. The molecular weight excluding hydrogens is 682 g/mol. The number of carbonyl (C=O) groups is 3. The Morgan fingerprint density at radius 1 is 0.533 bits per heavy atom. The molecule has 228 valence electrons. The third kappa shape index (κ3) is 9.81. The van der Waals surface area contributed by atoms with Crippen LogP contribution in [-0.2, 0) is 0 Å². The van der Waals surface area contributed by atoms with E-state index in [0.29, 0.717) is 64.8 Å². The molecule has 0 bridgehead atoms. The average Bonchev–Trinajstić information content (AvgIpc) is 3.02. The van der Waals surface area contributed by atoms with Gasteiger partial charge in [0.2, 0.25) is 0 Å². The van der Waals surface area contributed by atoms with E-state index in [-0.39, 0.29) is 17.7 Å². The molecule has 14 heteroatoms. The van der Waals surface area contributed by atoms with Crippen LogP contribution in [0.15, 0.2) is 97.3 Å². The molecule has 9 nitrogen and oxygen atoms in total. The zero-order valence-corrected chi connectivity index (χ0v) is 26.6. The number of nitrogens with one attached hydrogen (secondary N) is 3. The fourth-order valence-electron chi connectivity index (χ4n) is 3.54. The largest absolute Gasteiger partial charge is 0.397 e. The van der Waals surface area contributed by atoms with Crippen molar-refractivity contribution in [3.8, 4) is 0 Å². The van der Waals surface area contributed by atoms with Crippen molar-refractivity contribution in [2.75, 3.05) is 21.7 Å². The van der Waals surface area contributed by atoms with E-state index in [0.717, 1.165) is 0 Å². The van der Waals surface area contributed by atoms with Gasteiger partial charge in [-0.25, -0.2) is 9.97 Å². The summed E-state index contributed by atoms with van der Waals surface area (Å²) in [5.41, 5.74) is 8.63. The van der Waals surface area contributed by atoms with E-state index >= 15 is 0 Å². The quantitative estimate of drug-likeness (QED) is 0.103. The van der Waals surface area contributed by atoms with Gasteiger partial charge in [0.15, 0.2) is 0 Å². The second-order valence-corrected chi connectivity index (χ2v) is 11.1. The number of nitrogens with two attached hydrogens (primary N) is 1. The summed E-state index contributed by atoms with van der Waals surface area (Å²) >= 11 is 29.1. The minimum Gasteiger partial charge on any atom is -0.397 e. The Hall–Kier alpha value is -4.38. The third-order valence-corrected chi connectivity index (χ3v) is 7.18. The molecule has 5 N–H and O–H groups in total. The van der Waals surface area contributed by atoms with E-state index in [4.69, 9.17) is 63.7 Å². The number of aromatic nitrogens is 2. The highest BCUT2D eigenvalue weighted by Crippen LogP contribution is 2.27. The molecule has 0 fully saturated rings. The number of carbonyl (C=O) groups excluding carboxylic acids is 3. The maximum Gasteiger partial charge on any atom is 0.257 e. The molecule has 0 aliphatic heterocycles. The van der Waals surface area contributed by atoms with Crippen molar-refractivity contribution < 1.29 is 14.4 Å². The molecule has 2 heterocycles. The molecule has 0 aliphatic carbocycles. The zero-order valence-electron chi connectivity index (χ0n) is 22.8. The van der Waals surface area contributed by atoms with E-state index in [1.807, 2.05) is 0 Å².